The molecule has 3 heterocycles. The molecule has 39 heavy (non-hydrogen) atoms. The van der Waals surface area contributed by atoms with E-state index in [4.69, 9.17) is 0 Å². The average Bonchev–Trinajstić information content (AvgIpc) is 3.65. The molecule has 0 fully saturated rings. The third-order valence-electron chi connectivity index (χ3n) is 8.94. The molecule has 0 bridgehead atoms. The zero-order valence-electron chi connectivity index (χ0n) is 21.0. The number of hydrogen-bond donors (Lipinski definition) is 0. The maximum atomic E-state index is 2.55. The number of fused-ring (bicyclic) bond motifs is 10. The van der Waals surface area contributed by atoms with Gasteiger partial charge in [-0.3, -0.25) is 0 Å². The fraction of sp³-hybridized carbons (Fsp3) is 0.0270. The number of rotatable bonds is 0. The summed E-state index contributed by atoms with van der Waals surface area (Å²) in [4.78, 5) is 0. The highest BCUT2D eigenvalue weighted by Gasteiger charge is 2.21. The highest BCUT2D eigenvalue weighted by atomic mass is 32.1. The predicted octanol–water partition coefficient (Wildman–Crippen LogP) is 10.5. The van der Waals surface area contributed by atoms with E-state index in [1.165, 1.54) is 90.9 Å². The van der Waals surface area contributed by atoms with E-state index in [0.717, 1.165) is 6.42 Å². The quantitative estimate of drug-likeness (QED) is 0.191. The molecule has 9 aromatic rings. The molecule has 180 valence electrons. The maximum Gasteiger partial charge on any atom is 0.0619 e. The lowest BCUT2D eigenvalue weighted by atomic mass is 10.0. The molecule has 0 atom stereocenters. The van der Waals surface area contributed by atoms with Crippen molar-refractivity contribution in [3.05, 3.63) is 126 Å². The van der Waals surface area contributed by atoms with E-state index in [1.54, 1.807) is 0 Å². The van der Waals surface area contributed by atoms with E-state index in [9.17, 15) is 0 Å². The number of nitrogens with zero attached hydrogens (tertiary/aromatic N) is 1. The summed E-state index contributed by atoms with van der Waals surface area (Å²) < 4.78 is 5.24. The van der Waals surface area contributed by atoms with Crippen LogP contribution in [-0.2, 0) is 6.42 Å². The van der Waals surface area contributed by atoms with Crippen LogP contribution < -0.4 is 0 Å². The van der Waals surface area contributed by atoms with Crippen molar-refractivity contribution < 1.29 is 0 Å². The van der Waals surface area contributed by atoms with Gasteiger partial charge in [-0.25, -0.2) is 0 Å². The first-order chi connectivity index (χ1) is 19.3. The van der Waals surface area contributed by atoms with Gasteiger partial charge in [-0.2, -0.15) is 0 Å². The van der Waals surface area contributed by atoms with Gasteiger partial charge >= 0.3 is 0 Å². The summed E-state index contributed by atoms with van der Waals surface area (Å²) in [7, 11) is 0. The van der Waals surface area contributed by atoms with Crippen LogP contribution in [0.4, 0.5) is 0 Å². The van der Waals surface area contributed by atoms with E-state index in [2.05, 4.69) is 120 Å². The van der Waals surface area contributed by atoms with Gasteiger partial charge in [0.15, 0.2) is 0 Å². The summed E-state index contributed by atoms with van der Waals surface area (Å²) in [6, 6.07) is 43.4. The molecule has 6 aromatic carbocycles. The van der Waals surface area contributed by atoms with E-state index < -0.39 is 0 Å². The van der Waals surface area contributed by atoms with Crippen molar-refractivity contribution in [2.24, 2.45) is 0 Å². The molecule has 0 radical (unpaired) electrons. The number of para-hydroxylation sites is 2. The minimum Gasteiger partial charge on any atom is -0.308 e. The van der Waals surface area contributed by atoms with Crippen LogP contribution >= 0.6 is 11.3 Å². The second kappa shape index (κ2) is 7.05. The van der Waals surface area contributed by atoms with E-state index in [1.807, 2.05) is 11.3 Å². The highest BCUT2D eigenvalue weighted by molar-refractivity contribution is 7.25. The summed E-state index contributed by atoms with van der Waals surface area (Å²) in [5, 5.41) is 13.4. The molecule has 0 spiro atoms. The van der Waals surface area contributed by atoms with Crippen molar-refractivity contribution >= 4 is 91.1 Å². The van der Waals surface area contributed by atoms with Gasteiger partial charge in [-0.1, -0.05) is 91.0 Å². The first-order valence-electron chi connectivity index (χ1n) is 13.6. The second-order valence-corrected chi connectivity index (χ2v) is 12.0. The molecule has 0 aliphatic heterocycles. The Morgan fingerprint density at radius 2 is 1.05 bits per heavy atom. The molecule has 0 amide bonds. The van der Waals surface area contributed by atoms with E-state index in [0.29, 0.717) is 0 Å². The molecule has 2 heteroatoms. The average molecular weight is 512 g/mol. The fourth-order valence-electron chi connectivity index (χ4n) is 7.39. The topological polar surface area (TPSA) is 4.41 Å². The van der Waals surface area contributed by atoms with Gasteiger partial charge in [0.1, 0.15) is 0 Å². The monoisotopic (exact) mass is 511 g/mol. The number of hydrogen-bond acceptors (Lipinski definition) is 1. The van der Waals surface area contributed by atoms with Gasteiger partial charge in [-0.05, 0) is 63.4 Å². The minimum absolute atomic E-state index is 0.997. The van der Waals surface area contributed by atoms with Crippen LogP contribution in [0.25, 0.3) is 79.8 Å². The van der Waals surface area contributed by atoms with Crippen LogP contribution in [0.1, 0.15) is 11.1 Å². The number of aromatic nitrogens is 1. The van der Waals surface area contributed by atoms with Crippen LogP contribution in [0.15, 0.2) is 115 Å². The smallest absolute Gasteiger partial charge is 0.0619 e. The van der Waals surface area contributed by atoms with Crippen LogP contribution in [0, 0.1) is 0 Å². The lowest BCUT2D eigenvalue weighted by Crippen LogP contribution is -1.87. The van der Waals surface area contributed by atoms with E-state index >= 15 is 0 Å². The lowest BCUT2D eigenvalue weighted by molar-refractivity contribution is 1.27. The Bertz CT molecular complexity index is 2580. The Balaban J connectivity index is 1.61. The summed E-state index contributed by atoms with van der Waals surface area (Å²) in [6.45, 7) is 0. The summed E-state index contributed by atoms with van der Waals surface area (Å²) >= 11 is 1.90. The highest BCUT2D eigenvalue weighted by Crippen LogP contribution is 2.45. The normalized spacial score (nSPS) is 13.0. The second-order valence-electron chi connectivity index (χ2n) is 10.9. The zero-order chi connectivity index (χ0) is 25.2. The number of thiophene rings is 1. The molecule has 0 saturated heterocycles. The maximum absolute atomic E-state index is 2.55. The van der Waals surface area contributed by atoms with Crippen LogP contribution in [0.5, 0.6) is 0 Å². The molecule has 1 aliphatic rings. The standard InChI is InChI=1S/C37H21NS/c1-3-16-31-23(10-1)25-12-5-8-21-18-22-9-6-13-26(36(22)35(21)25)27-14-7-15-28-29-19-30-24-11-2-4-17-33(24)39-34(30)20-32(29)38(31)37(27)28/h1-17,19-20H,18H2. The van der Waals surface area contributed by atoms with Gasteiger partial charge in [0.25, 0.3) is 0 Å². The minimum atomic E-state index is 0.997. The molecular formula is C37H21NS. The van der Waals surface area contributed by atoms with Gasteiger partial charge < -0.3 is 4.40 Å². The van der Waals surface area contributed by atoms with Crippen molar-refractivity contribution in [3.8, 4) is 0 Å². The molecule has 0 saturated carbocycles. The first kappa shape index (κ1) is 20.3. The Hall–Kier alpha value is -4.66. The van der Waals surface area contributed by atoms with Crippen molar-refractivity contribution in [2.45, 2.75) is 6.42 Å². The summed E-state index contributed by atoms with van der Waals surface area (Å²) in [5.41, 5.74) is 6.69. The SMILES string of the molecule is c1ccc2c(c1)sc1cc3c(cc12)c1cccc2c4cccc5c4c4c(cccc4c4ccccc4n3c21)C5. The lowest BCUT2D eigenvalue weighted by Gasteiger charge is -2.05. The number of benzene rings is 6. The fourth-order valence-corrected chi connectivity index (χ4v) is 8.51. The Morgan fingerprint density at radius 1 is 0.436 bits per heavy atom. The summed E-state index contributed by atoms with van der Waals surface area (Å²) in [5.74, 6) is 0. The Morgan fingerprint density at radius 3 is 1.87 bits per heavy atom. The largest absolute Gasteiger partial charge is 0.308 e. The molecule has 3 aromatic heterocycles. The predicted molar refractivity (Wildman–Crippen MR) is 169 cm³/mol. The Kier molecular flexibility index (Phi) is 3.67. The molecule has 10 rings (SSSR count). The molecule has 1 aliphatic carbocycles. The summed E-state index contributed by atoms with van der Waals surface area (Å²) in [6.07, 6.45) is 0.997. The molecule has 0 unspecified atom stereocenters. The van der Waals surface area contributed by atoms with Crippen LogP contribution in [0.2, 0.25) is 0 Å². The Labute approximate surface area is 227 Å². The zero-order valence-corrected chi connectivity index (χ0v) is 21.8. The van der Waals surface area contributed by atoms with Gasteiger partial charge in [0.2, 0.25) is 0 Å². The van der Waals surface area contributed by atoms with Gasteiger partial charge in [0.05, 0.1) is 16.6 Å². The molecule has 0 N–H and O–H groups in total. The van der Waals surface area contributed by atoms with E-state index in [-0.39, 0.29) is 0 Å². The van der Waals surface area contributed by atoms with Crippen LogP contribution in [0.3, 0.4) is 0 Å². The van der Waals surface area contributed by atoms with Crippen molar-refractivity contribution in [1.82, 2.24) is 4.40 Å². The molecular weight excluding hydrogens is 490 g/mol. The van der Waals surface area contributed by atoms with Crippen LogP contribution in [-0.4, -0.2) is 4.40 Å². The van der Waals surface area contributed by atoms with Crippen molar-refractivity contribution in [2.75, 3.05) is 0 Å². The van der Waals surface area contributed by atoms with Gasteiger partial charge in [-0.15, -0.1) is 11.3 Å². The first-order valence-corrected chi connectivity index (χ1v) is 14.4. The third kappa shape index (κ3) is 2.46. The third-order valence-corrected chi connectivity index (χ3v) is 10.1. The van der Waals surface area contributed by atoms with Gasteiger partial charge in [0, 0.05) is 41.7 Å². The van der Waals surface area contributed by atoms with Crippen molar-refractivity contribution in [3.63, 3.8) is 0 Å². The molecule has 1 nitrogen and oxygen atoms in total. The van der Waals surface area contributed by atoms with Crippen molar-refractivity contribution in [1.29, 1.82) is 0 Å².